The molecule has 0 saturated heterocycles. The number of ether oxygens (including phenoxy) is 1. The molecular weight excluding hydrogens is 366 g/mol. The number of aryl methyl sites for hydroxylation is 2. The van der Waals surface area contributed by atoms with Gasteiger partial charge in [-0.3, -0.25) is 25.0 Å². The van der Waals surface area contributed by atoms with Crippen molar-refractivity contribution in [3.05, 3.63) is 72.0 Å². The van der Waals surface area contributed by atoms with Gasteiger partial charge in [0.1, 0.15) is 5.75 Å². The maximum Gasteiger partial charge on any atom is 0.284 e. The molecule has 9 nitrogen and oxygen atoms in total. The molecule has 4 rings (SSSR count). The van der Waals surface area contributed by atoms with Crippen molar-refractivity contribution in [3.63, 3.8) is 0 Å². The van der Waals surface area contributed by atoms with Crippen LogP contribution in [0.2, 0.25) is 0 Å². The molecule has 0 atom stereocenters. The van der Waals surface area contributed by atoms with E-state index in [4.69, 9.17) is 4.74 Å². The van der Waals surface area contributed by atoms with Crippen LogP contribution >= 0.6 is 0 Å². The van der Waals surface area contributed by atoms with Gasteiger partial charge in [0.15, 0.2) is 0 Å². The van der Waals surface area contributed by atoms with Crippen LogP contribution < -0.4 is 10.3 Å². The lowest BCUT2D eigenvalue weighted by Crippen LogP contribution is -2.27. The third kappa shape index (κ3) is 2.43. The number of nitrogens with zero attached hydrogens (tertiary/aromatic N) is 3. The van der Waals surface area contributed by atoms with Crippen LogP contribution in [-0.2, 0) is 13.0 Å². The number of nitro groups is 2. The Labute approximate surface area is 158 Å². The lowest BCUT2D eigenvalue weighted by Gasteiger charge is -2.23. The maximum absolute atomic E-state index is 13.2. The highest BCUT2D eigenvalue weighted by Crippen LogP contribution is 2.38. The first-order valence-corrected chi connectivity index (χ1v) is 8.50. The van der Waals surface area contributed by atoms with Gasteiger partial charge in [-0.1, -0.05) is 0 Å². The van der Waals surface area contributed by atoms with Crippen LogP contribution in [0.25, 0.3) is 22.0 Å². The number of pyridine rings is 1. The summed E-state index contributed by atoms with van der Waals surface area (Å²) >= 11 is 0. The zero-order chi connectivity index (χ0) is 20.2. The summed E-state index contributed by atoms with van der Waals surface area (Å²) in [6.07, 6.45) is 0.584. The van der Waals surface area contributed by atoms with E-state index in [1.54, 1.807) is 19.2 Å². The first-order valence-electron chi connectivity index (χ1n) is 8.50. The molecule has 1 aromatic heterocycles. The van der Waals surface area contributed by atoms with Gasteiger partial charge in [-0.25, -0.2) is 0 Å². The van der Waals surface area contributed by atoms with Gasteiger partial charge >= 0.3 is 0 Å². The zero-order valence-electron chi connectivity index (χ0n) is 15.1. The zero-order valence-corrected chi connectivity index (χ0v) is 15.1. The van der Waals surface area contributed by atoms with E-state index in [0.29, 0.717) is 24.4 Å². The summed E-state index contributed by atoms with van der Waals surface area (Å²) in [6, 6.07) is 7.96. The summed E-state index contributed by atoms with van der Waals surface area (Å²) in [6.45, 7) is 1.82. The van der Waals surface area contributed by atoms with Crippen LogP contribution in [0.15, 0.2) is 35.1 Å². The quantitative estimate of drug-likeness (QED) is 0.507. The van der Waals surface area contributed by atoms with Crippen molar-refractivity contribution in [2.45, 2.75) is 19.9 Å². The molecule has 0 spiro atoms. The van der Waals surface area contributed by atoms with Crippen LogP contribution in [0.1, 0.15) is 11.1 Å². The summed E-state index contributed by atoms with van der Waals surface area (Å²) in [4.78, 5) is 34.7. The third-order valence-corrected chi connectivity index (χ3v) is 5.20. The van der Waals surface area contributed by atoms with Crippen molar-refractivity contribution in [1.29, 1.82) is 0 Å². The molecule has 1 aliphatic heterocycles. The van der Waals surface area contributed by atoms with Crippen LogP contribution in [0.4, 0.5) is 11.4 Å². The minimum Gasteiger partial charge on any atom is -0.497 e. The minimum atomic E-state index is -0.701. The van der Waals surface area contributed by atoms with Crippen molar-refractivity contribution in [3.8, 4) is 17.0 Å². The molecule has 0 aliphatic carbocycles. The van der Waals surface area contributed by atoms with Gasteiger partial charge in [-0.05, 0) is 43.2 Å². The molecule has 0 fully saturated rings. The normalized spacial score (nSPS) is 12.4. The second-order valence-corrected chi connectivity index (χ2v) is 6.60. The van der Waals surface area contributed by atoms with Gasteiger partial charge in [0.25, 0.3) is 16.9 Å². The molecule has 0 radical (unpaired) electrons. The van der Waals surface area contributed by atoms with Gasteiger partial charge in [0, 0.05) is 17.7 Å². The average molecular weight is 381 g/mol. The van der Waals surface area contributed by atoms with Crippen molar-refractivity contribution in [1.82, 2.24) is 4.57 Å². The van der Waals surface area contributed by atoms with Gasteiger partial charge < -0.3 is 9.30 Å². The molecule has 142 valence electrons. The smallest absolute Gasteiger partial charge is 0.284 e. The van der Waals surface area contributed by atoms with E-state index >= 15 is 0 Å². The predicted molar refractivity (Wildman–Crippen MR) is 102 cm³/mol. The molecule has 1 aliphatic rings. The first kappa shape index (κ1) is 17.7. The maximum atomic E-state index is 13.2. The van der Waals surface area contributed by atoms with Crippen LogP contribution in [0.5, 0.6) is 5.75 Å². The van der Waals surface area contributed by atoms with E-state index in [9.17, 15) is 25.0 Å². The second-order valence-electron chi connectivity index (χ2n) is 6.60. The van der Waals surface area contributed by atoms with Gasteiger partial charge in [0.05, 0.1) is 39.5 Å². The summed E-state index contributed by atoms with van der Waals surface area (Å²) in [7, 11) is 1.57. The number of non-ortho nitro benzene ring substituents is 1. The van der Waals surface area contributed by atoms with Crippen LogP contribution in [-0.4, -0.2) is 21.5 Å². The lowest BCUT2D eigenvalue weighted by atomic mass is 9.94. The fourth-order valence-electron chi connectivity index (χ4n) is 3.83. The Morgan fingerprint density at radius 2 is 1.79 bits per heavy atom. The Morgan fingerprint density at radius 3 is 2.43 bits per heavy atom. The largest absolute Gasteiger partial charge is 0.497 e. The first-order chi connectivity index (χ1) is 13.3. The van der Waals surface area contributed by atoms with Crippen molar-refractivity contribution in [2.75, 3.05) is 7.11 Å². The molecule has 0 unspecified atom stereocenters. The van der Waals surface area contributed by atoms with Crippen molar-refractivity contribution < 1.29 is 14.6 Å². The topological polar surface area (TPSA) is 118 Å². The van der Waals surface area contributed by atoms with Crippen molar-refractivity contribution in [2.24, 2.45) is 0 Å². The SMILES string of the molecule is COc1ccc2c(c1)CCn1c-2cc2c([N+](=O)[O-])cc([N+](=O)[O-])c(C)c2c1=O. The second kappa shape index (κ2) is 6.15. The summed E-state index contributed by atoms with van der Waals surface area (Å²) < 4.78 is 6.77. The van der Waals surface area contributed by atoms with E-state index < -0.39 is 26.8 Å². The molecule has 3 aromatic rings. The molecule has 0 amide bonds. The highest BCUT2D eigenvalue weighted by atomic mass is 16.6. The molecule has 9 heteroatoms. The molecule has 28 heavy (non-hydrogen) atoms. The fourth-order valence-corrected chi connectivity index (χ4v) is 3.83. The van der Waals surface area contributed by atoms with Gasteiger partial charge in [-0.15, -0.1) is 0 Å². The number of methoxy groups -OCH3 is 1. The molecule has 0 bridgehead atoms. The number of rotatable bonds is 3. The monoisotopic (exact) mass is 381 g/mol. The van der Waals surface area contributed by atoms with E-state index in [1.165, 1.54) is 11.5 Å². The number of fused-ring (bicyclic) bond motifs is 4. The van der Waals surface area contributed by atoms with Crippen LogP contribution in [0, 0.1) is 27.2 Å². The molecule has 0 saturated carbocycles. The lowest BCUT2D eigenvalue weighted by molar-refractivity contribution is -0.393. The average Bonchev–Trinajstić information content (AvgIpc) is 2.66. The fraction of sp³-hybridized carbons (Fsp3) is 0.211. The standard InChI is InChI=1S/C19H15N3O6/c1-10-15(21(24)25)9-17(22(26)27)14-8-16-13-4-3-12(28-2)7-11(13)5-6-20(16)19(23)18(10)14/h3-4,7-9H,5-6H2,1-2H3. The molecule has 2 heterocycles. The van der Waals surface area contributed by atoms with E-state index in [1.807, 2.05) is 12.1 Å². The predicted octanol–water partition coefficient (Wildman–Crippen LogP) is 3.36. The van der Waals surface area contributed by atoms with Crippen LogP contribution in [0.3, 0.4) is 0 Å². The molecular formula is C19H15N3O6. The van der Waals surface area contributed by atoms with E-state index in [-0.39, 0.29) is 16.3 Å². The number of hydrogen-bond acceptors (Lipinski definition) is 6. The number of nitro benzene ring substituents is 2. The Morgan fingerprint density at radius 1 is 1.07 bits per heavy atom. The molecule has 0 N–H and O–H groups in total. The Bertz CT molecular complexity index is 1240. The number of hydrogen-bond donors (Lipinski definition) is 0. The van der Waals surface area contributed by atoms with Gasteiger partial charge in [-0.2, -0.15) is 0 Å². The number of aromatic nitrogens is 1. The Kier molecular flexibility index (Phi) is 3.88. The summed E-state index contributed by atoms with van der Waals surface area (Å²) in [5, 5.41) is 23.0. The Balaban J connectivity index is 2.13. The molecule has 2 aromatic carbocycles. The summed E-state index contributed by atoms with van der Waals surface area (Å²) in [5.41, 5.74) is 1.10. The third-order valence-electron chi connectivity index (χ3n) is 5.20. The summed E-state index contributed by atoms with van der Waals surface area (Å²) in [5.74, 6) is 0.688. The highest BCUT2D eigenvalue weighted by Gasteiger charge is 2.28. The highest BCUT2D eigenvalue weighted by molar-refractivity contribution is 5.97. The van der Waals surface area contributed by atoms with E-state index in [0.717, 1.165) is 17.2 Å². The van der Waals surface area contributed by atoms with Crippen molar-refractivity contribution >= 4 is 22.1 Å². The Hall–Kier alpha value is -3.75. The number of benzene rings is 2. The minimum absolute atomic E-state index is 0.0154. The van der Waals surface area contributed by atoms with Gasteiger partial charge in [0.2, 0.25) is 0 Å². The van der Waals surface area contributed by atoms with E-state index in [2.05, 4.69) is 0 Å².